The smallest absolute Gasteiger partial charge is 0.335 e. The lowest BCUT2D eigenvalue weighted by Crippen LogP contribution is -2.41. The van der Waals surface area contributed by atoms with Gasteiger partial charge in [0, 0.05) is 4.90 Å². The highest BCUT2D eigenvalue weighted by Gasteiger charge is 2.33. The number of carbonyl (C=O) groups excluding carboxylic acids is 1. The van der Waals surface area contributed by atoms with Crippen LogP contribution in [0, 0.1) is 13.8 Å². The van der Waals surface area contributed by atoms with Crippen LogP contribution in [0.15, 0.2) is 71.6 Å². The molecule has 1 amide bonds. The Morgan fingerprint density at radius 1 is 0.967 bits per heavy atom. The van der Waals surface area contributed by atoms with Gasteiger partial charge in [-0.2, -0.15) is 0 Å². The summed E-state index contributed by atoms with van der Waals surface area (Å²) in [6.07, 6.45) is 0.557. The van der Waals surface area contributed by atoms with Gasteiger partial charge in [-0.1, -0.05) is 42.5 Å². The highest BCUT2D eigenvalue weighted by Crippen LogP contribution is 2.41. The lowest BCUT2D eigenvalue weighted by atomic mass is 10.0. The molecular weight excluding hydrogens is 394 g/mol. The molecule has 0 aromatic heterocycles. The molecule has 0 radical (unpaired) electrons. The van der Waals surface area contributed by atoms with Gasteiger partial charge in [-0.3, -0.25) is 4.79 Å². The summed E-state index contributed by atoms with van der Waals surface area (Å²) in [5, 5.41) is 8.85. The van der Waals surface area contributed by atoms with E-state index in [9.17, 15) is 9.59 Å². The molecule has 0 saturated heterocycles. The Morgan fingerprint density at radius 2 is 1.63 bits per heavy atom. The number of benzene rings is 3. The Balaban J connectivity index is 1.65. The van der Waals surface area contributed by atoms with E-state index in [0.29, 0.717) is 13.0 Å². The zero-order valence-electron chi connectivity index (χ0n) is 17.0. The van der Waals surface area contributed by atoms with Crippen molar-refractivity contribution in [1.29, 1.82) is 0 Å². The summed E-state index contributed by atoms with van der Waals surface area (Å²) < 4.78 is 0. The first-order valence-corrected chi connectivity index (χ1v) is 10.8. The van der Waals surface area contributed by atoms with Crippen molar-refractivity contribution >= 4 is 29.3 Å². The van der Waals surface area contributed by atoms with Gasteiger partial charge in [0.15, 0.2) is 0 Å². The number of carbonyl (C=O) groups is 2. The number of nitrogens with zero attached hydrogens (tertiary/aromatic N) is 1. The van der Waals surface area contributed by atoms with Gasteiger partial charge >= 0.3 is 5.97 Å². The summed E-state index contributed by atoms with van der Waals surface area (Å²) in [6.45, 7) is 4.71. The normalized spacial score (nSPS) is 15.7. The van der Waals surface area contributed by atoms with Crippen LogP contribution in [-0.2, 0) is 17.8 Å². The highest BCUT2D eigenvalue weighted by molar-refractivity contribution is 8.01. The molecule has 3 aromatic rings. The van der Waals surface area contributed by atoms with Gasteiger partial charge < -0.3 is 10.0 Å². The SMILES string of the molecule is Cc1cccc(C)c1CN1C(=O)C(Cc2ccc(C(=O)O)cc2)Sc2ccccc21. The molecule has 1 aliphatic rings. The summed E-state index contributed by atoms with van der Waals surface area (Å²) in [4.78, 5) is 27.6. The molecule has 1 atom stereocenters. The second kappa shape index (κ2) is 8.36. The predicted molar refractivity (Wildman–Crippen MR) is 120 cm³/mol. The van der Waals surface area contributed by atoms with Crippen LogP contribution in [0.1, 0.15) is 32.6 Å². The molecule has 0 spiro atoms. The Labute approximate surface area is 180 Å². The van der Waals surface area contributed by atoms with Crippen LogP contribution < -0.4 is 4.90 Å². The molecule has 5 heteroatoms. The largest absolute Gasteiger partial charge is 0.478 e. The van der Waals surface area contributed by atoms with Crippen LogP contribution >= 0.6 is 11.8 Å². The number of aryl methyl sites for hydroxylation is 2. The van der Waals surface area contributed by atoms with Crippen molar-refractivity contribution in [2.75, 3.05) is 4.90 Å². The van der Waals surface area contributed by atoms with Crippen LogP contribution in [0.3, 0.4) is 0 Å². The molecule has 0 aliphatic carbocycles. The molecule has 152 valence electrons. The second-order valence-corrected chi connectivity index (χ2v) is 8.82. The number of amides is 1. The van der Waals surface area contributed by atoms with Gasteiger partial charge in [0.2, 0.25) is 5.91 Å². The average molecular weight is 418 g/mol. The van der Waals surface area contributed by atoms with Gasteiger partial charge in [-0.25, -0.2) is 4.79 Å². The van der Waals surface area contributed by atoms with E-state index in [4.69, 9.17) is 5.11 Å². The predicted octanol–water partition coefficient (Wildman–Crippen LogP) is 5.25. The van der Waals surface area contributed by atoms with E-state index in [-0.39, 0.29) is 16.7 Å². The second-order valence-electron chi connectivity index (χ2n) is 7.58. The fourth-order valence-corrected chi connectivity index (χ4v) is 5.09. The van der Waals surface area contributed by atoms with Crippen LogP contribution in [0.2, 0.25) is 0 Å². The minimum absolute atomic E-state index is 0.0867. The quantitative estimate of drug-likeness (QED) is 0.616. The Morgan fingerprint density at radius 3 is 2.30 bits per heavy atom. The maximum absolute atomic E-state index is 13.5. The monoisotopic (exact) mass is 417 g/mol. The summed E-state index contributed by atoms with van der Waals surface area (Å²) in [5.41, 5.74) is 5.70. The van der Waals surface area contributed by atoms with E-state index in [0.717, 1.165) is 16.1 Å². The molecule has 3 aromatic carbocycles. The first kappa shape index (κ1) is 20.2. The van der Waals surface area contributed by atoms with Crippen molar-refractivity contribution in [2.45, 2.75) is 37.0 Å². The number of rotatable bonds is 5. The first-order chi connectivity index (χ1) is 14.4. The van der Waals surface area contributed by atoms with E-state index in [1.54, 1.807) is 36.0 Å². The van der Waals surface area contributed by atoms with Crippen molar-refractivity contribution in [2.24, 2.45) is 0 Å². The first-order valence-electron chi connectivity index (χ1n) is 9.88. The molecule has 1 aliphatic heterocycles. The van der Waals surface area contributed by atoms with Crippen molar-refractivity contribution in [3.63, 3.8) is 0 Å². The van der Waals surface area contributed by atoms with Gasteiger partial charge in [0.05, 0.1) is 23.0 Å². The lowest BCUT2D eigenvalue weighted by Gasteiger charge is -2.34. The molecule has 4 nitrogen and oxygen atoms in total. The Kier molecular flexibility index (Phi) is 5.64. The molecule has 0 fully saturated rings. The molecule has 1 unspecified atom stereocenters. The van der Waals surface area contributed by atoms with Crippen LogP contribution in [-0.4, -0.2) is 22.2 Å². The number of anilines is 1. The van der Waals surface area contributed by atoms with E-state index < -0.39 is 5.97 Å². The molecule has 0 bridgehead atoms. The molecule has 1 heterocycles. The van der Waals surface area contributed by atoms with Crippen LogP contribution in [0.4, 0.5) is 5.69 Å². The number of aromatic carboxylic acids is 1. The topological polar surface area (TPSA) is 57.6 Å². The number of hydrogen-bond acceptors (Lipinski definition) is 3. The summed E-state index contributed by atoms with van der Waals surface area (Å²) >= 11 is 1.59. The van der Waals surface area contributed by atoms with Crippen LogP contribution in [0.5, 0.6) is 0 Å². The number of hydrogen-bond donors (Lipinski definition) is 1. The Bertz CT molecular complexity index is 1090. The standard InChI is InChI=1S/C25H23NO3S/c1-16-6-5-7-17(2)20(16)15-26-21-8-3-4-9-22(21)30-23(24(26)27)14-18-10-12-19(13-11-18)25(28)29/h3-13,23H,14-15H2,1-2H3,(H,28,29). The van der Waals surface area contributed by atoms with Gasteiger partial charge in [-0.15, -0.1) is 11.8 Å². The molecule has 30 heavy (non-hydrogen) atoms. The third-order valence-electron chi connectivity index (χ3n) is 5.55. The van der Waals surface area contributed by atoms with Gasteiger partial charge in [-0.05, 0) is 66.8 Å². The third kappa shape index (κ3) is 3.98. The summed E-state index contributed by atoms with van der Waals surface area (Å²) in [6, 6.07) is 21.0. The molecule has 1 N–H and O–H groups in total. The fraction of sp³-hybridized carbons (Fsp3) is 0.200. The zero-order valence-corrected chi connectivity index (χ0v) is 17.8. The van der Waals surface area contributed by atoms with E-state index >= 15 is 0 Å². The van der Waals surface area contributed by atoms with E-state index in [1.807, 2.05) is 29.2 Å². The van der Waals surface area contributed by atoms with Gasteiger partial charge in [0.1, 0.15) is 0 Å². The fourth-order valence-electron chi connectivity index (χ4n) is 3.82. The molecular formula is C25H23NO3S. The third-order valence-corrected chi connectivity index (χ3v) is 6.80. The van der Waals surface area contributed by atoms with Crippen molar-refractivity contribution in [3.8, 4) is 0 Å². The number of carboxylic acid groups (broad SMARTS) is 1. The number of para-hydroxylation sites is 1. The van der Waals surface area contributed by atoms with Gasteiger partial charge in [0.25, 0.3) is 0 Å². The van der Waals surface area contributed by atoms with E-state index in [2.05, 4.69) is 32.0 Å². The minimum Gasteiger partial charge on any atom is -0.478 e. The van der Waals surface area contributed by atoms with Crippen LogP contribution in [0.25, 0.3) is 0 Å². The summed E-state index contributed by atoms with van der Waals surface area (Å²) in [7, 11) is 0. The number of thioether (sulfide) groups is 1. The average Bonchev–Trinajstić information content (AvgIpc) is 2.73. The molecule has 0 saturated carbocycles. The van der Waals surface area contributed by atoms with Crippen molar-refractivity contribution in [1.82, 2.24) is 0 Å². The van der Waals surface area contributed by atoms with Crippen molar-refractivity contribution in [3.05, 3.63) is 94.5 Å². The number of fused-ring (bicyclic) bond motifs is 1. The minimum atomic E-state index is -0.946. The molecule has 4 rings (SSSR count). The zero-order chi connectivity index (χ0) is 21.3. The maximum atomic E-state index is 13.5. The lowest BCUT2D eigenvalue weighted by molar-refractivity contribution is -0.118. The van der Waals surface area contributed by atoms with E-state index in [1.165, 1.54) is 16.7 Å². The summed E-state index contributed by atoms with van der Waals surface area (Å²) in [5.74, 6) is -0.859. The Hall–Kier alpha value is -3.05. The highest BCUT2D eigenvalue weighted by atomic mass is 32.2. The maximum Gasteiger partial charge on any atom is 0.335 e. The number of carboxylic acids is 1. The van der Waals surface area contributed by atoms with Crippen molar-refractivity contribution < 1.29 is 14.7 Å².